The molecule has 0 unspecified atom stereocenters. The lowest BCUT2D eigenvalue weighted by atomic mass is 10.2. The third-order valence-corrected chi connectivity index (χ3v) is 2.37. The summed E-state index contributed by atoms with van der Waals surface area (Å²) in [7, 11) is 0. The molecule has 0 atom stereocenters. The zero-order valence-corrected chi connectivity index (χ0v) is 7.26. The van der Waals surface area contributed by atoms with Crippen LogP contribution in [-0.2, 0) is 6.42 Å². The lowest BCUT2D eigenvalue weighted by molar-refractivity contribution is 0.570. The van der Waals surface area contributed by atoms with E-state index in [1.165, 1.54) is 0 Å². The number of thiocarbonyl (C=S) groups is 1. The monoisotopic (exact) mass is 172 g/mol. The molecule has 1 aromatic heterocycles. The Kier molecular flexibility index (Phi) is 2.40. The maximum atomic E-state index is 8.96. The molecule has 3 heteroatoms. The topological polar surface area (TPSA) is 20.2 Å². The highest BCUT2D eigenvalue weighted by molar-refractivity contribution is 7.80. The van der Waals surface area contributed by atoms with Crippen LogP contribution in [0.2, 0.25) is 0 Å². The molecule has 0 saturated heterocycles. The third kappa shape index (κ3) is 1.36. The first kappa shape index (κ1) is 7.69. The molecule has 1 aromatic rings. The molecule has 0 bridgehead atoms. The predicted octanol–water partition coefficient (Wildman–Crippen LogP) is 2.54. The van der Waals surface area contributed by atoms with Crippen molar-refractivity contribution in [2.45, 2.75) is 13.3 Å². The molecule has 10 heavy (non-hydrogen) atoms. The molecule has 1 N–H and O–H groups in total. The summed E-state index contributed by atoms with van der Waals surface area (Å²) in [5.41, 5.74) is 1.96. The number of aliphatic hydroxyl groups is 1. The number of aryl methyl sites for hydroxylation is 1. The van der Waals surface area contributed by atoms with Crippen LogP contribution in [0.4, 0.5) is 0 Å². The standard InChI is InChI=1S/C7H8OS2/c1-2-5-3-10-4-6(5)7(8)9/h3-4H,2H2,1H3,(H,8,9). The Morgan fingerprint density at radius 3 is 2.80 bits per heavy atom. The zero-order valence-electron chi connectivity index (χ0n) is 5.63. The van der Waals surface area contributed by atoms with E-state index in [0.29, 0.717) is 0 Å². The van der Waals surface area contributed by atoms with Crippen LogP contribution < -0.4 is 0 Å². The van der Waals surface area contributed by atoms with E-state index in [1.807, 2.05) is 17.7 Å². The van der Waals surface area contributed by atoms with Crippen molar-refractivity contribution in [1.29, 1.82) is 0 Å². The van der Waals surface area contributed by atoms with Crippen LogP contribution in [0.5, 0.6) is 0 Å². The summed E-state index contributed by atoms with van der Waals surface area (Å²) in [5.74, 6) is 0. The van der Waals surface area contributed by atoms with Crippen LogP contribution in [0.3, 0.4) is 0 Å². The molecule has 0 aliphatic rings. The first-order valence-electron chi connectivity index (χ1n) is 3.04. The van der Waals surface area contributed by atoms with Crippen LogP contribution in [0.15, 0.2) is 10.8 Å². The Morgan fingerprint density at radius 1 is 1.70 bits per heavy atom. The molecule has 54 valence electrons. The molecule has 0 amide bonds. The van der Waals surface area contributed by atoms with Gasteiger partial charge in [0.1, 0.15) is 0 Å². The van der Waals surface area contributed by atoms with E-state index in [4.69, 9.17) is 5.11 Å². The van der Waals surface area contributed by atoms with E-state index in [-0.39, 0.29) is 5.05 Å². The van der Waals surface area contributed by atoms with Crippen molar-refractivity contribution in [2.24, 2.45) is 0 Å². The van der Waals surface area contributed by atoms with Crippen LogP contribution in [-0.4, -0.2) is 10.2 Å². The van der Waals surface area contributed by atoms with Crippen molar-refractivity contribution in [3.63, 3.8) is 0 Å². The molecular formula is C7H8OS2. The molecule has 0 aliphatic carbocycles. The highest BCUT2D eigenvalue weighted by atomic mass is 32.1. The second-order valence-corrected chi connectivity index (χ2v) is 3.10. The van der Waals surface area contributed by atoms with Crippen molar-refractivity contribution in [3.8, 4) is 0 Å². The van der Waals surface area contributed by atoms with Crippen molar-refractivity contribution in [3.05, 3.63) is 21.9 Å². The molecule has 1 nitrogen and oxygen atoms in total. The minimum Gasteiger partial charge on any atom is -0.498 e. The second kappa shape index (κ2) is 3.12. The average molecular weight is 172 g/mol. The van der Waals surface area contributed by atoms with Gasteiger partial charge in [0.15, 0.2) is 5.05 Å². The van der Waals surface area contributed by atoms with Crippen molar-refractivity contribution in [2.75, 3.05) is 0 Å². The van der Waals surface area contributed by atoms with Gasteiger partial charge in [-0.3, -0.25) is 0 Å². The Morgan fingerprint density at radius 2 is 2.40 bits per heavy atom. The summed E-state index contributed by atoms with van der Waals surface area (Å²) in [5, 5.41) is 12.9. The summed E-state index contributed by atoms with van der Waals surface area (Å²) >= 11 is 6.20. The molecule has 0 fully saturated rings. The van der Waals surface area contributed by atoms with Gasteiger partial charge in [-0.2, -0.15) is 11.3 Å². The summed E-state index contributed by atoms with van der Waals surface area (Å²) in [6.07, 6.45) is 0.930. The van der Waals surface area contributed by atoms with Gasteiger partial charge < -0.3 is 5.11 Å². The highest BCUT2D eigenvalue weighted by Crippen LogP contribution is 2.15. The molecule has 0 radical (unpaired) electrons. The largest absolute Gasteiger partial charge is 0.498 e. The van der Waals surface area contributed by atoms with Gasteiger partial charge in [-0.25, -0.2) is 0 Å². The fourth-order valence-electron chi connectivity index (χ4n) is 0.785. The van der Waals surface area contributed by atoms with E-state index in [9.17, 15) is 0 Å². The Hall–Kier alpha value is -0.410. The smallest absolute Gasteiger partial charge is 0.189 e. The molecule has 1 heterocycles. The highest BCUT2D eigenvalue weighted by Gasteiger charge is 2.04. The number of aliphatic hydroxyl groups excluding tert-OH is 1. The molecule has 1 rings (SSSR count). The molecule has 0 saturated carbocycles. The maximum Gasteiger partial charge on any atom is 0.189 e. The number of thiophene rings is 1. The van der Waals surface area contributed by atoms with Crippen LogP contribution in [0, 0.1) is 0 Å². The van der Waals surface area contributed by atoms with Crippen molar-refractivity contribution in [1.82, 2.24) is 0 Å². The first-order chi connectivity index (χ1) is 4.75. The van der Waals surface area contributed by atoms with Crippen LogP contribution in [0.1, 0.15) is 18.1 Å². The van der Waals surface area contributed by atoms with E-state index in [1.54, 1.807) is 11.3 Å². The zero-order chi connectivity index (χ0) is 7.56. The molecule has 0 aromatic carbocycles. The van der Waals surface area contributed by atoms with Gasteiger partial charge in [0.05, 0.1) is 0 Å². The van der Waals surface area contributed by atoms with Crippen LogP contribution in [0.25, 0.3) is 0 Å². The Bertz CT molecular complexity index is 240. The van der Waals surface area contributed by atoms with Crippen molar-refractivity contribution >= 4 is 28.6 Å². The number of hydrogen-bond donors (Lipinski definition) is 1. The van der Waals surface area contributed by atoms with Crippen molar-refractivity contribution < 1.29 is 5.11 Å². The summed E-state index contributed by atoms with van der Waals surface area (Å²) in [6, 6.07) is 0. The fraction of sp³-hybridized carbons (Fsp3) is 0.286. The van der Waals surface area contributed by atoms with Gasteiger partial charge in [-0.1, -0.05) is 6.92 Å². The molecule has 0 aliphatic heterocycles. The second-order valence-electron chi connectivity index (χ2n) is 1.97. The normalized spacial score (nSPS) is 9.70. The maximum absolute atomic E-state index is 8.96. The Balaban J connectivity index is 3.01. The molecular weight excluding hydrogens is 164 g/mol. The quantitative estimate of drug-likeness (QED) is 0.692. The van der Waals surface area contributed by atoms with E-state index in [2.05, 4.69) is 12.2 Å². The summed E-state index contributed by atoms with van der Waals surface area (Å²) in [6.45, 7) is 2.05. The van der Waals surface area contributed by atoms with Gasteiger partial charge in [0.2, 0.25) is 0 Å². The molecule has 0 spiro atoms. The van der Waals surface area contributed by atoms with Crippen LogP contribution >= 0.6 is 23.6 Å². The van der Waals surface area contributed by atoms with Gasteiger partial charge in [0.25, 0.3) is 0 Å². The lowest BCUT2D eigenvalue weighted by Gasteiger charge is -1.94. The predicted molar refractivity (Wildman–Crippen MR) is 48.0 cm³/mol. The van der Waals surface area contributed by atoms with E-state index in [0.717, 1.165) is 17.5 Å². The number of hydrogen-bond acceptors (Lipinski definition) is 2. The first-order valence-corrected chi connectivity index (χ1v) is 4.39. The minimum atomic E-state index is 0.0121. The summed E-state index contributed by atoms with van der Waals surface area (Å²) < 4.78 is 0. The average Bonchev–Trinajstić information content (AvgIpc) is 2.33. The minimum absolute atomic E-state index is 0.0121. The SMILES string of the molecule is CCc1cscc1C(O)=S. The van der Waals surface area contributed by atoms with Gasteiger partial charge in [-0.15, -0.1) is 0 Å². The fourth-order valence-corrected chi connectivity index (χ4v) is 1.97. The van der Waals surface area contributed by atoms with Gasteiger partial charge in [-0.05, 0) is 29.6 Å². The Labute approximate surface area is 69.3 Å². The lowest BCUT2D eigenvalue weighted by Crippen LogP contribution is -1.95. The van der Waals surface area contributed by atoms with E-state index < -0.39 is 0 Å². The number of rotatable bonds is 2. The van der Waals surface area contributed by atoms with Gasteiger partial charge in [0, 0.05) is 10.9 Å². The third-order valence-electron chi connectivity index (χ3n) is 1.35. The van der Waals surface area contributed by atoms with Gasteiger partial charge >= 0.3 is 0 Å². The van der Waals surface area contributed by atoms with E-state index >= 15 is 0 Å². The summed E-state index contributed by atoms with van der Waals surface area (Å²) in [4.78, 5) is 0.